The first-order valence-corrected chi connectivity index (χ1v) is 7.48. The van der Waals surface area contributed by atoms with Gasteiger partial charge in [0.05, 0.1) is 7.11 Å². The molecule has 0 aliphatic carbocycles. The van der Waals surface area contributed by atoms with Crippen LogP contribution in [-0.2, 0) is 6.54 Å². The third-order valence-electron chi connectivity index (χ3n) is 3.20. The first kappa shape index (κ1) is 14.1. The lowest BCUT2D eigenvalue weighted by Crippen LogP contribution is -2.24. The van der Waals surface area contributed by atoms with Gasteiger partial charge in [-0.2, -0.15) is 0 Å². The Bertz CT molecular complexity index is 476. The molecule has 0 saturated carbocycles. The predicted octanol–water partition coefficient (Wildman–Crippen LogP) is 4.24. The number of ether oxygens (including phenoxy) is 1. The van der Waals surface area contributed by atoms with Crippen LogP contribution < -0.4 is 10.1 Å². The fraction of sp³-hybridized carbons (Fsp3) is 0.375. The molecular weight excluding hydrogens is 254 g/mol. The summed E-state index contributed by atoms with van der Waals surface area (Å²) >= 11 is 1.82. The summed E-state index contributed by atoms with van der Waals surface area (Å²) in [6.07, 6.45) is 0. The summed E-state index contributed by atoms with van der Waals surface area (Å²) in [7, 11) is 1.69. The first-order chi connectivity index (χ1) is 9.20. The number of thiophene rings is 1. The van der Waals surface area contributed by atoms with E-state index in [9.17, 15) is 0 Å². The van der Waals surface area contributed by atoms with Crippen molar-refractivity contribution in [2.24, 2.45) is 5.92 Å². The Kier molecular flexibility index (Phi) is 5.00. The van der Waals surface area contributed by atoms with Crippen LogP contribution in [0.2, 0.25) is 0 Å². The molecule has 1 unspecified atom stereocenters. The zero-order valence-electron chi connectivity index (χ0n) is 11.7. The fourth-order valence-electron chi connectivity index (χ4n) is 2.10. The van der Waals surface area contributed by atoms with Crippen LogP contribution in [0.4, 0.5) is 0 Å². The van der Waals surface area contributed by atoms with Crippen molar-refractivity contribution in [3.63, 3.8) is 0 Å². The zero-order chi connectivity index (χ0) is 13.7. The molecule has 0 radical (unpaired) electrons. The van der Waals surface area contributed by atoms with Crippen LogP contribution >= 0.6 is 11.3 Å². The van der Waals surface area contributed by atoms with Gasteiger partial charge in [-0.3, -0.25) is 0 Å². The minimum absolute atomic E-state index is 0.419. The molecule has 0 spiro atoms. The van der Waals surface area contributed by atoms with Crippen molar-refractivity contribution in [2.45, 2.75) is 26.4 Å². The highest BCUT2D eigenvalue weighted by molar-refractivity contribution is 7.10. The van der Waals surface area contributed by atoms with Crippen molar-refractivity contribution in [1.29, 1.82) is 0 Å². The van der Waals surface area contributed by atoms with Crippen LogP contribution in [0.1, 0.15) is 30.3 Å². The van der Waals surface area contributed by atoms with Crippen molar-refractivity contribution < 1.29 is 4.74 Å². The van der Waals surface area contributed by atoms with Crippen LogP contribution in [0.3, 0.4) is 0 Å². The normalized spacial score (nSPS) is 12.6. The molecule has 0 fully saturated rings. The first-order valence-electron chi connectivity index (χ1n) is 6.60. The summed E-state index contributed by atoms with van der Waals surface area (Å²) in [6, 6.07) is 13.0. The highest BCUT2D eigenvalue weighted by atomic mass is 32.1. The Balaban J connectivity index is 1.98. The highest BCUT2D eigenvalue weighted by Gasteiger charge is 2.15. The summed E-state index contributed by atoms with van der Waals surface area (Å²) in [5, 5.41) is 5.78. The van der Waals surface area contributed by atoms with Gasteiger partial charge < -0.3 is 10.1 Å². The molecule has 1 aromatic heterocycles. The van der Waals surface area contributed by atoms with Crippen LogP contribution in [0.15, 0.2) is 41.8 Å². The maximum atomic E-state index is 5.17. The molecule has 2 aromatic rings. The second-order valence-corrected chi connectivity index (χ2v) is 5.95. The van der Waals surface area contributed by atoms with Gasteiger partial charge >= 0.3 is 0 Å². The SMILES string of the molecule is COc1ccc(CNC(c2cccs2)C(C)C)cc1. The van der Waals surface area contributed by atoms with E-state index in [0.717, 1.165) is 12.3 Å². The topological polar surface area (TPSA) is 21.3 Å². The molecule has 0 saturated heterocycles. The van der Waals surface area contributed by atoms with Crippen molar-refractivity contribution in [2.75, 3.05) is 7.11 Å². The fourth-order valence-corrected chi connectivity index (χ4v) is 3.08. The average molecular weight is 275 g/mol. The zero-order valence-corrected chi connectivity index (χ0v) is 12.5. The highest BCUT2D eigenvalue weighted by Crippen LogP contribution is 2.26. The van der Waals surface area contributed by atoms with E-state index < -0.39 is 0 Å². The predicted molar refractivity (Wildman–Crippen MR) is 81.7 cm³/mol. The quantitative estimate of drug-likeness (QED) is 0.851. The summed E-state index contributed by atoms with van der Waals surface area (Å²) in [6.45, 7) is 5.39. The molecule has 1 atom stereocenters. The Morgan fingerprint density at radius 1 is 1.16 bits per heavy atom. The second-order valence-electron chi connectivity index (χ2n) is 4.97. The summed E-state index contributed by atoms with van der Waals surface area (Å²) in [4.78, 5) is 1.41. The molecule has 0 amide bonds. The van der Waals surface area contributed by atoms with Crippen molar-refractivity contribution in [1.82, 2.24) is 5.32 Å². The molecule has 2 nitrogen and oxygen atoms in total. The van der Waals surface area contributed by atoms with E-state index in [-0.39, 0.29) is 0 Å². The van der Waals surface area contributed by atoms with E-state index in [2.05, 4.69) is 48.8 Å². The molecule has 3 heteroatoms. The summed E-state index contributed by atoms with van der Waals surface area (Å²) in [5.74, 6) is 1.49. The third kappa shape index (κ3) is 3.82. The van der Waals surface area contributed by atoms with Gasteiger partial charge in [-0.1, -0.05) is 32.0 Å². The van der Waals surface area contributed by atoms with Crippen molar-refractivity contribution >= 4 is 11.3 Å². The largest absolute Gasteiger partial charge is 0.497 e. The number of hydrogen-bond donors (Lipinski definition) is 1. The maximum Gasteiger partial charge on any atom is 0.118 e. The third-order valence-corrected chi connectivity index (χ3v) is 4.16. The Hall–Kier alpha value is -1.32. The average Bonchev–Trinajstić information content (AvgIpc) is 2.93. The Morgan fingerprint density at radius 2 is 1.89 bits per heavy atom. The van der Waals surface area contributed by atoms with E-state index in [1.165, 1.54) is 10.4 Å². The molecule has 0 aliphatic heterocycles. The van der Waals surface area contributed by atoms with Crippen LogP contribution in [0.5, 0.6) is 5.75 Å². The van der Waals surface area contributed by atoms with E-state index in [1.54, 1.807) is 7.11 Å². The number of hydrogen-bond acceptors (Lipinski definition) is 3. The minimum Gasteiger partial charge on any atom is -0.497 e. The van der Waals surface area contributed by atoms with E-state index >= 15 is 0 Å². The summed E-state index contributed by atoms with van der Waals surface area (Å²) in [5.41, 5.74) is 1.28. The molecular formula is C16H21NOS. The van der Waals surface area contributed by atoms with Gasteiger partial charge in [0, 0.05) is 17.5 Å². The molecule has 0 aliphatic rings. The van der Waals surface area contributed by atoms with Gasteiger partial charge in [-0.25, -0.2) is 0 Å². The van der Waals surface area contributed by atoms with Gasteiger partial charge in [-0.15, -0.1) is 11.3 Å². The molecule has 2 rings (SSSR count). The van der Waals surface area contributed by atoms with E-state index in [4.69, 9.17) is 4.74 Å². The number of rotatable bonds is 6. The molecule has 0 bridgehead atoms. The van der Waals surface area contributed by atoms with Gasteiger partial charge in [0.25, 0.3) is 0 Å². The smallest absolute Gasteiger partial charge is 0.118 e. The Labute approximate surface area is 119 Å². The van der Waals surface area contributed by atoms with Crippen molar-refractivity contribution in [3.8, 4) is 5.75 Å². The molecule has 1 N–H and O–H groups in total. The number of nitrogens with one attached hydrogen (secondary N) is 1. The molecule has 102 valence electrons. The minimum atomic E-state index is 0.419. The molecule has 1 aromatic carbocycles. The second kappa shape index (κ2) is 6.73. The van der Waals surface area contributed by atoms with Gasteiger partial charge in [0.1, 0.15) is 5.75 Å². The van der Waals surface area contributed by atoms with E-state index in [1.807, 2.05) is 23.5 Å². The monoisotopic (exact) mass is 275 g/mol. The number of methoxy groups -OCH3 is 1. The number of benzene rings is 1. The Morgan fingerprint density at radius 3 is 2.42 bits per heavy atom. The van der Waals surface area contributed by atoms with E-state index in [0.29, 0.717) is 12.0 Å². The summed E-state index contributed by atoms with van der Waals surface area (Å²) < 4.78 is 5.17. The van der Waals surface area contributed by atoms with Gasteiger partial charge in [0.15, 0.2) is 0 Å². The molecule has 19 heavy (non-hydrogen) atoms. The van der Waals surface area contributed by atoms with Crippen LogP contribution in [0, 0.1) is 5.92 Å². The lowest BCUT2D eigenvalue weighted by atomic mass is 10.0. The molecule has 1 heterocycles. The van der Waals surface area contributed by atoms with Crippen LogP contribution in [0.25, 0.3) is 0 Å². The van der Waals surface area contributed by atoms with Gasteiger partial charge in [-0.05, 0) is 35.1 Å². The van der Waals surface area contributed by atoms with Gasteiger partial charge in [0.2, 0.25) is 0 Å². The lowest BCUT2D eigenvalue weighted by molar-refractivity contribution is 0.411. The van der Waals surface area contributed by atoms with Crippen LogP contribution in [-0.4, -0.2) is 7.11 Å². The van der Waals surface area contributed by atoms with Crippen molar-refractivity contribution in [3.05, 3.63) is 52.2 Å². The standard InChI is InChI=1S/C16H21NOS/c1-12(2)16(15-5-4-10-19-15)17-11-13-6-8-14(18-3)9-7-13/h4-10,12,16-17H,11H2,1-3H3. The lowest BCUT2D eigenvalue weighted by Gasteiger charge is -2.21. The maximum absolute atomic E-state index is 5.17.